The third-order valence-electron chi connectivity index (χ3n) is 3.65. The maximum Gasteiger partial charge on any atom is 0.293 e. The van der Waals surface area contributed by atoms with Gasteiger partial charge in [-0.1, -0.05) is 0 Å². The smallest absolute Gasteiger partial charge is 0.293 e. The van der Waals surface area contributed by atoms with Crippen molar-refractivity contribution in [1.29, 1.82) is 0 Å². The molecular weight excluding hydrogens is 290 g/mol. The van der Waals surface area contributed by atoms with Crippen LogP contribution in [0.3, 0.4) is 0 Å². The molecule has 1 aliphatic rings. The van der Waals surface area contributed by atoms with Crippen molar-refractivity contribution in [2.24, 2.45) is 5.92 Å². The minimum Gasteiger partial charge on any atom is -0.381 e. The molecule has 7 heteroatoms. The van der Waals surface area contributed by atoms with Gasteiger partial charge in [0.1, 0.15) is 5.69 Å². The second kappa shape index (κ2) is 5.95. The number of hydrogen-bond donors (Lipinski definition) is 1. The lowest BCUT2D eigenvalue weighted by Crippen LogP contribution is -2.24. The Morgan fingerprint density at radius 1 is 1.57 bits per heavy atom. The maximum absolute atomic E-state index is 11.2. The van der Waals surface area contributed by atoms with Crippen LogP contribution in [-0.4, -0.2) is 29.7 Å². The first kappa shape index (κ1) is 14.2. The molecule has 0 amide bonds. The Kier molecular flexibility index (Phi) is 4.03. The predicted octanol–water partition coefficient (Wildman–Crippen LogP) is 3.35. The van der Waals surface area contributed by atoms with E-state index in [1.807, 2.05) is 6.92 Å². The third-order valence-corrected chi connectivity index (χ3v) is 4.58. The summed E-state index contributed by atoms with van der Waals surface area (Å²) in [5, 5.41) is 15.4. The quantitative estimate of drug-likeness (QED) is 0.692. The second-order valence-electron chi connectivity index (χ2n) is 5.29. The first-order valence-electron chi connectivity index (χ1n) is 7.00. The van der Waals surface area contributed by atoms with Crippen LogP contribution in [-0.2, 0) is 4.74 Å². The molecule has 1 aromatic carbocycles. The highest BCUT2D eigenvalue weighted by Crippen LogP contribution is 2.33. The maximum atomic E-state index is 11.2. The van der Waals surface area contributed by atoms with Crippen LogP contribution in [0.2, 0.25) is 0 Å². The van der Waals surface area contributed by atoms with Crippen molar-refractivity contribution < 1.29 is 9.66 Å². The molecule has 2 aromatic rings. The minimum absolute atomic E-state index is 0.114. The van der Waals surface area contributed by atoms with Crippen LogP contribution in [0, 0.1) is 23.0 Å². The topological polar surface area (TPSA) is 77.3 Å². The fourth-order valence-corrected chi connectivity index (χ4v) is 3.44. The van der Waals surface area contributed by atoms with Crippen LogP contribution in [0.25, 0.3) is 10.2 Å². The molecule has 21 heavy (non-hydrogen) atoms. The van der Waals surface area contributed by atoms with E-state index in [2.05, 4.69) is 10.3 Å². The average molecular weight is 307 g/mol. The normalized spacial score (nSPS) is 18.8. The summed E-state index contributed by atoms with van der Waals surface area (Å²) in [6.45, 7) is 4.14. The number of thiazole rings is 1. The molecule has 1 fully saturated rings. The van der Waals surface area contributed by atoms with Gasteiger partial charge in [0.2, 0.25) is 0 Å². The number of nitro groups is 1. The molecule has 1 aromatic heterocycles. The number of rotatable bonds is 4. The van der Waals surface area contributed by atoms with Crippen molar-refractivity contribution in [3.63, 3.8) is 0 Å². The van der Waals surface area contributed by atoms with Crippen LogP contribution in [0.1, 0.15) is 17.8 Å². The third kappa shape index (κ3) is 3.14. The molecule has 1 atom stereocenters. The van der Waals surface area contributed by atoms with E-state index in [-0.39, 0.29) is 10.6 Å². The number of anilines is 1. The zero-order chi connectivity index (χ0) is 14.8. The summed E-state index contributed by atoms with van der Waals surface area (Å²) < 4.78 is 6.29. The van der Waals surface area contributed by atoms with Gasteiger partial charge in [-0.2, -0.15) is 0 Å². The lowest BCUT2D eigenvalue weighted by Gasteiger charge is -2.22. The number of aryl methyl sites for hydroxylation is 1. The van der Waals surface area contributed by atoms with Gasteiger partial charge in [-0.15, -0.1) is 11.3 Å². The number of aromatic nitrogens is 1. The predicted molar refractivity (Wildman–Crippen MR) is 83.0 cm³/mol. The van der Waals surface area contributed by atoms with Crippen LogP contribution >= 0.6 is 11.3 Å². The SMILES string of the molecule is Cc1nc2cc(NCC3CCCOC3)c([N+](=O)[O-])cc2s1. The van der Waals surface area contributed by atoms with Crippen molar-refractivity contribution in [3.05, 3.63) is 27.3 Å². The Balaban J connectivity index is 1.84. The Morgan fingerprint density at radius 3 is 3.14 bits per heavy atom. The lowest BCUT2D eigenvalue weighted by molar-refractivity contribution is -0.383. The van der Waals surface area contributed by atoms with E-state index in [0.29, 0.717) is 18.2 Å². The summed E-state index contributed by atoms with van der Waals surface area (Å²) in [6, 6.07) is 3.39. The molecule has 6 nitrogen and oxygen atoms in total. The van der Waals surface area contributed by atoms with E-state index in [0.717, 1.165) is 41.3 Å². The summed E-state index contributed by atoms with van der Waals surface area (Å²) in [6.07, 6.45) is 2.15. The summed E-state index contributed by atoms with van der Waals surface area (Å²) >= 11 is 1.48. The standard InChI is InChI=1S/C14H17N3O3S/c1-9-16-12-5-11(13(17(18)19)6-14(12)21-9)15-7-10-3-2-4-20-8-10/h5-6,10,15H,2-4,7-8H2,1H3. The molecule has 0 saturated carbocycles. The van der Waals surface area contributed by atoms with Gasteiger partial charge in [0, 0.05) is 19.2 Å². The van der Waals surface area contributed by atoms with Gasteiger partial charge in [0.15, 0.2) is 0 Å². The number of nitrogens with one attached hydrogen (secondary N) is 1. The molecule has 0 bridgehead atoms. The highest BCUT2D eigenvalue weighted by Gasteiger charge is 2.19. The molecule has 1 N–H and O–H groups in total. The van der Waals surface area contributed by atoms with E-state index < -0.39 is 0 Å². The first-order valence-corrected chi connectivity index (χ1v) is 7.82. The Morgan fingerprint density at radius 2 is 2.43 bits per heavy atom. The molecule has 1 unspecified atom stereocenters. The molecule has 3 rings (SSSR count). The summed E-state index contributed by atoms with van der Waals surface area (Å²) in [5.74, 6) is 0.409. The van der Waals surface area contributed by atoms with Crippen LogP contribution in [0.5, 0.6) is 0 Å². The van der Waals surface area contributed by atoms with Crippen LogP contribution < -0.4 is 5.32 Å². The molecule has 0 aliphatic carbocycles. The molecule has 0 radical (unpaired) electrons. The van der Waals surface area contributed by atoms with Crippen LogP contribution in [0.15, 0.2) is 12.1 Å². The van der Waals surface area contributed by atoms with Gasteiger partial charge in [0.05, 0.1) is 26.8 Å². The zero-order valence-electron chi connectivity index (χ0n) is 11.8. The Hall–Kier alpha value is -1.73. The number of hydrogen-bond acceptors (Lipinski definition) is 6. The highest BCUT2D eigenvalue weighted by atomic mass is 32.1. The van der Waals surface area contributed by atoms with E-state index in [1.165, 1.54) is 11.3 Å². The van der Waals surface area contributed by atoms with E-state index >= 15 is 0 Å². The zero-order valence-corrected chi connectivity index (χ0v) is 12.6. The largest absolute Gasteiger partial charge is 0.381 e. The number of fused-ring (bicyclic) bond motifs is 1. The fourth-order valence-electron chi connectivity index (χ4n) is 2.59. The number of benzene rings is 1. The van der Waals surface area contributed by atoms with Crippen molar-refractivity contribution >= 4 is 32.9 Å². The van der Waals surface area contributed by atoms with Crippen molar-refractivity contribution in [3.8, 4) is 0 Å². The lowest BCUT2D eigenvalue weighted by atomic mass is 10.0. The van der Waals surface area contributed by atoms with Crippen molar-refractivity contribution in [1.82, 2.24) is 4.98 Å². The Bertz CT molecular complexity index is 665. The van der Waals surface area contributed by atoms with Gasteiger partial charge >= 0.3 is 0 Å². The van der Waals surface area contributed by atoms with Gasteiger partial charge in [0.25, 0.3) is 5.69 Å². The highest BCUT2D eigenvalue weighted by molar-refractivity contribution is 7.18. The summed E-state index contributed by atoms with van der Waals surface area (Å²) in [4.78, 5) is 15.3. The van der Waals surface area contributed by atoms with Gasteiger partial charge in [-0.25, -0.2) is 4.98 Å². The molecule has 0 spiro atoms. The van der Waals surface area contributed by atoms with Gasteiger partial charge in [-0.3, -0.25) is 10.1 Å². The molecule has 1 aliphatic heterocycles. The molecule has 112 valence electrons. The second-order valence-corrected chi connectivity index (χ2v) is 6.53. The van der Waals surface area contributed by atoms with Gasteiger partial charge in [-0.05, 0) is 31.7 Å². The van der Waals surface area contributed by atoms with Crippen molar-refractivity contribution in [2.45, 2.75) is 19.8 Å². The first-order chi connectivity index (χ1) is 10.1. The van der Waals surface area contributed by atoms with E-state index in [1.54, 1.807) is 12.1 Å². The molecule has 1 saturated heterocycles. The number of nitro benzene ring substituents is 1. The minimum atomic E-state index is -0.339. The number of nitrogens with zero attached hydrogens (tertiary/aromatic N) is 2. The number of ether oxygens (including phenoxy) is 1. The van der Waals surface area contributed by atoms with Crippen LogP contribution in [0.4, 0.5) is 11.4 Å². The average Bonchev–Trinajstić information content (AvgIpc) is 2.84. The summed E-state index contributed by atoms with van der Waals surface area (Å²) in [7, 11) is 0. The van der Waals surface area contributed by atoms with E-state index in [9.17, 15) is 10.1 Å². The molecule has 2 heterocycles. The van der Waals surface area contributed by atoms with E-state index in [4.69, 9.17) is 4.74 Å². The molecular formula is C14H17N3O3S. The Labute approximate surface area is 126 Å². The monoisotopic (exact) mass is 307 g/mol. The van der Waals surface area contributed by atoms with Gasteiger partial charge < -0.3 is 10.1 Å². The fraction of sp³-hybridized carbons (Fsp3) is 0.500. The van der Waals surface area contributed by atoms with Crippen molar-refractivity contribution in [2.75, 3.05) is 25.1 Å². The summed E-state index contributed by atoms with van der Waals surface area (Å²) in [5.41, 5.74) is 1.47.